The molecular weight excluding hydrogens is 316 g/mol. The highest BCUT2D eigenvalue weighted by Crippen LogP contribution is 2.35. The molecule has 4 heteroatoms. The number of thioether (sulfide) groups is 1. The van der Waals surface area contributed by atoms with Crippen molar-refractivity contribution in [3.63, 3.8) is 0 Å². The van der Waals surface area contributed by atoms with Crippen molar-refractivity contribution in [2.75, 3.05) is 19.6 Å². The largest absolute Gasteiger partial charge is 0.355 e. The topological polar surface area (TPSA) is 41.1 Å². The lowest BCUT2D eigenvalue weighted by atomic mass is 9.99. The number of carbonyl (C=O) groups excluding carboxylic acids is 1. The van der Waals surface area contributed by atoms with Crippen LogP contribution in [0.25, 0.3) is 0 Å². The van der Waals surface area contributed by atoms with E-state index in [1.807, 2.05) is 48.5 Å². The van der Waals surface area contributed by atoms with E-state index in [2.05, 4.69) is 22.8 Å². The monoisotopic (exact) mass is 340 g/mol. The van der Waals surface area contributed by atoms with Gasteiger partial charge in [-0.05, 0) is 49.5 Å². The van der Waals surface area contributed by atoms with E-state index < -0.39 is 0 Å². The first kappa shape index (κ1) is 17.1. The molecule has 2 unspecified atom stereocenters. The van der Waals surface area contributed by atoms with Gasteiger partial charge in [0.2, 0.25) is 5.91 Å². The van der Waals surface area contributed by atoms with E-state index in [1.165, 1.54) is 12.8 Å². The Kier molecular flexibility index (Phi) is 6.33. The van der Waals surface area contributed by atoms with E-state index >= 15 is 0 Å². The number of nitrogens with one attached hydrogen (secondary N) is 2. The lowest BCUT2D eigenvalue weighted by molar-refractivity contribution is -0.120. The van der Waals surface area contributed by atoms with Gasteiger partial charge in [-0.3, -0.25) is 4.79 Å². The zero-order valence-corrected chi connectivity index (χ0v) is 14.6. The van der Waals surface area contributed by atoms with Gasteiger partial charge in [-0.2, -0.15) is 0 Å². The molecule has 0 bridgehead atoms. The molecule has 0 radical (unpaired) electrons. The van der Waals surface area contributed by atoms with Gasteiger partial charge in [-0.1, -0.05) is 48.5 Å². The predicted molar refractivity (Wildman–Crippen MR) is 100 cm³/mol. The normalized spacial score (nSPS) is 18.8. The van der Waals surface area contributed by atoms with Crippen molar-refractivity contribution in [1.29, 1.82) is 0 Å². The van der Waals surface area contributed by atoms with Gasteiger partial charge in [-0.25, -0.2) is 0 Å². The lowest BCUT2D eigenvalue weighted by Crippen LogP contribution is -2.39. The molecule has 3 nitrogen and oxygen atoms in total. The molecule has 1 heterocycles. The minimum atomic E-state index is -0.217. The summed E-state index contributed by atoms with van der Waals surface area (Å²) in [5.74, 6) is 0.640. The molecule has 1 saturated heterocycles. The summed E-state index contributed by atoms with van der Waals surface area (Å²) in [5, 5.41) is 6.36. The van der Waals surface area contributed by atoms with E-state index in [0.29, 0.717) is 5.92 Å². The summed E-state index contributed by atoms with van der Waals surface area (Å²) in [6, 6.07) is 20.2. The van der Waals surface area contributed by atoms with Crippen molar-refractivity contribution in [2.24, 2.45) is 5.92 Å². The minimum Gasteiger partial charge on any atom is -0.355 e. The van der Waals surface area contributed by atoms with Crippen LogP contribution in [0.2, 0.25) is 0 Å². The first-order valence-corrected chi connectivity index (χ1v) is 9.46. The van der Waals surface area contributed by atoms with Crippen LogP contribution in [0.4, 0.5) is 0 Å². The molecule has 1 aliphatic heterocycles. The van der Waals surface area contributed by atoms with E-state index in [-0.39, 0.29) is 11.2 Å². The van der Waals surface area contributed by atoms with Gasteiger partial charge in [0.05, 0.1) is 0 Å². The van der Waals surface area contributed by atoms with Crippen molar-refractivity contribution < 1.29 is 4.79 Å². The number of hydrogen-bond acceptors (Lipinski definition) is 3. The summed E-state index contributed by atoms with van der Waals surface area (Å²) >= 11 is 1.61. The van der Waals surface area contributed by atoms with Crippen LogP contribution in [0.1, 0.15) is 23.7 Å². The number of piperidine rings is 1. The molecule has 0 spiro atoms. The Hall–Kier alpha value is -1.78. The molecule has 3 rings (SSSR count). The molecule has 2 atom stereocenters. The van der Waals surface area contributed by atoms with Gasteiger partial charge >= 0.3 is 0 Å². The maximum absolute atomic E-state index is 12.8. The van der Waals surface area contributed by atoms with Crippen LogP contribution < -0.4 is 10.6 Å². The summed E-state index contributed by atoms with van der Waals surface area (Å²) in [4.78, 5) is 14.0. The predicted octanol–water partition coefficient (Wildman–Crippen LogP) is 3.64. The Morgan fingerprint density at radius 2 is 1.83 bits per heavy atom. The van der Waals surface area contributed by atoms with E-state index in [4.69, 9.17) is 0 Å². The highest BCUT2D eigenvalue weighted by molar-refractivity contribution is 8.00. The zero-order valence-electron chi connectivity index (χ0n) is 13.8. The van der Waals surface area contributed by atoms with Gasteiger partial charge in [-0.15, -0.1) is 11.8 Å². The van der Waals surface area contributed by atoms with Crippen LogP contribution in [-0.2, 0) is 4.79 Å². The van der Waals surface area contributed by atoms with Gasteiger partial charge in [0.25, 0.3) is 0 Å². The third-order valence-electron chi connectivity index (χ3n) is 4.30. The Balaban J connectivity index is 1.67. The maximum atomic E-state index is 12.8. The molecule has 1 fully saturated rings. The van der Waals surface area contributed by atoms with E-state index in [1.54, 1.807) is 11.8 Å². The number of hydrogen-bond donors (Lipinski definition) is 2. The van der Waals surface area contributed by atoms with Crippen LogP contribution >= 0.6 is 11.8 Å². The van der Waals surface area contributed by atoms with E-state index in [9.17, 15) is 4.79 Å². The Morgan fingerprint density at radius 1 is 1.12 bits per heavy atom. The van der Waals surface area contributed by atoms with Crippen LogP contribution in [0.15, 0.2) is 65.6 Å². The fraction of sp³-hybridized carbons (Fsp3) is 0.350. The highest BCUT2D eigenvalue weighted by atomic mass is 32.2. The van der Waals surface area contributed by atoms with E-state index in [0.717, 1.165) is 30.1 Å². The van der Waals surface area contributed by atoms with Crippen LogP contribution in [0.5, 0.6) is 0 Å². The third-order valence-corrected chi connectivity index (χ3v) is 5.57. The van der Waals surface area contributed by atoms with Crippen LogP contribution in [0, 0.1) is 5.92 Å². The molecule has 0 saturated carbocycles. The smallest absolute Gasteiger partial charge is 0.238 e. The quantitative estimate of drug-likeness (QED) is 0.789. The molecule has 24 heavy (non-hydrogen) atoms. The number of carbonyl (C=O) groups is 1. The summed E-state index contributed by atoms with van der Waals surface area (Å²) in [6.07, 6.45) is 2.39. The van der Waals surface area contributed by atoms with Crippen molar-refractivity contribution >= 4 is 17.7 Å². The number of amides is 1. The Labute approximate surface area is 148 Å². The molecule has 1 aliphatic rings. The summed E-state index contributed by atoms with van der Waals surface area (Å²) in [5.41, 5.74) is 1.05. The molecule has 0 aromatic heterocycles. The number of rotatable bonds is 6. The lowest BCUT2D eigenvalue weighted by Gasteiger charge is -2.24. The average molecular weight is 340 g/mol. The van der Waals surface area contributed by atoms with Crippen molar-refractivity contribution in [3.05, 3.63) is 66.2 Å². The number of benzene rings is 2. The second-order valence-electron chi connectivity index (χ2n) is 6.18. The first-order chi connectivity index (χ1) is 11.8. The standard InChI is InChI=1S/C20H24N2OS/c23-20(22-15-16-8-7-13-21-14-16)19(17-9-3-1-4-10-17)24-18-11-5-2-6-12-18/h1-6,9-12,16,19,21H,7-8,13-15H2,(H,22,23). The van der Waals surface area contributed by atoms with Gasteiger partial charge in [0, 0.05) is 11.4 Å². The molecule has 2 aromatic carbocycles. The highest BCUT2D eigenvalue weighted by Gasteiger charge is 2.23. The maximum Gasteiger partial charge on any atom is 0.238 e. The fourth-order valence-electron chi connectivity index (χ4n) is 2.97. The molecule has 126 valence electrons. The summed E-state index contributed by atoms with van der Waals surface area (Å²) < 4.78 is 0. The van der Waals surface area contributed by atoms with Gasteiger partial charge in [0.15, 0.2) is 0 Å². The SMILES string of the molecule is O=C(NCC1CCCNC1)C(Sc1ccccc1)c1ccccc1. The van der Waals surface area contributed by atoms with Gasteiger partial charge in [0.1, 0.15) is 5.25 Å². The summed E-state index contributed by atoms with van der Waals surface area (Å²) in [7, 11) is 0. The second-order valence-corrected chi connectivity index (χ2v) is 7.36. The summed E-state index contributed by atoms with van der Waals surface area (Å²) in [6.45, 7) is 2.85. The molecule has 2 N–H and O–H groups in total. The second kappa shape index (κ2) is 8.90. The fourth-order valence-corrected chi connectivity index (χ4v) is 4.04. The Bertz CT molecular complexity index is 627. The molecular formula is C20H24N2OS. The van der Waals surface area contributed by atoms with Gasteiger partial charge < -0.3 is 10.6 Å². The van der Waals surface area contributed by atoms with Crippen LogP contribution in [0.3, 0.4) is 0 Å². The van der Waals surface area contributed by atoms with Crippen molar-refractivity contribution in [2.45, 2.75) is 23.0 Å². The molecule has 1 amide bonds. The molecule has 0 aliphatic carbocycles. The van der Waals surface area contributed by atoms with Crippen LogP contribution in [-0.4, -0.2) is 25.5 Å². The zero-order chi connectivity index (χ0) is 16.6. The third kappa shape index (κ3) is 4.86. The first-order valence-electron chi connectivity index (χ1n) is 8.58. The average Bonchev–Trinajstić information content (AvgIpc) is 2.66. The minimum absolute atomic E-state index is 0.0978. The van der Waals surface area contributed by atoms with Crippen molar-refractivity contribution in [1.82, 2.24) is 10.6 Å². The molecule has 2 aromatic rings. The Morgan fingerprint density at radius 3 is 2.50 bits per heavy atom. The van der Waals surface area contributed by atoms with Crippen molar-refractivity contribution in [3.8, 4) is 0 Å².